The molecule has 0 heterocycles. The highest BCUT2D eigenvalue weighted by Gasteiger charge is 2.14. The lowest BCUT2D eigenvalue weighted by Gasteiger charge is -2.19. The summed E-state index contributed by atoms with van der Waals surface area (Å²) in [6.45, 7) is 7.29. The van der Waals surface area contributed by atoms with Crippen molar-refractivity contribution in [1.82, 2.24) is 0 Å². The van der Waals surface area contributed by atoms with Crippen molar-refractivity contribution in [2.75, 3.05) is 13.2 Å². The van der Waals surface area contributed by atoms with Crippen molar-refractivity contribution in [3.63, 3.8) is 0 Å². The number of hydrogen-bond acceptors (Lipinski definition) is 3. The molecule has 0 fully saturated rings. The number of ether oxygens (including phenoxy) is 3. The fraction of sp³-hybridized carbons (Fsp3) is 0.350. The minimum Gasteiger partial charge on any atom is -0.490 e. The lowest BCUT2D eigenvalue weighted by Crippen LogP contribution is -2.16. The van der Waals surface area contributed by atoms with Crippen LogP contribution in [0.2, 0.25) is 0 Å². The molecule has 0 aliphatic rings. The number of rotatable bonds is 9. The van der Waals surface area contributed by atoms with E-state index in [2.05, 4.69) is 13.8 Å². The molecule has 23 heavy (non-hydrogen) atoms. The maximum atomic E-state index is 5.99. The van der Waals surface area contributed by atoms with Gasteiger partial charge in [0.2, 0.25) is 0 Å². The molecule has 0 bridgehead atoms. The molecule has 0 amide bonds. The van der Waals surface area contributed by atoms with E-state index < -0.39 is 0 Å². The molecule has 2 rings (SSSR count). The van der Waals surface area contributed by atoms with Crippen LogP contribution < -0.4 is 14.2 Å². The Hall–Kier alpha value is -2.16. The fourth-order valence-corrected chi connectivity index (χ4v) is 2.09. The zero-order valence-electron chi connectivity index (χ0n) is 14.2. The Morgan fingerprint density at radius 3 is 2.04 bits per heavy atom. The van der Waals surface area contributed by atoms with Gasteiger partial charge >= 0.3 is 0 Å². The first-order chi connectivity index (χ1) is 11.2. The molecule has 0 aliphatic heterocycles. The van der Waals surface area contributed by atoms with E-state index in [4.69, 9.17) is 14.2 Å². The van der Waals surface area contributed by atoms with Crippen molar-refractivity contribution >= 4 is 0 Å². The SMILES string of the molecule is CCCOc1ccccc1OC[C](CC)Oc1ccccc1C. The summed E-state index contributed by atoms with van der Waals surface area (Å²) in [5.74, 6) is 2.41. The molecule has 0 unspecified atom stereocenters. The van der Waals surface area contributed by atoms with Crippen LogP contribution in [0.15, 0.2) is 48.5 Å². The van der Waals surface area contributed by atoms with Gasteiger partial charge in [-0.1, -0.05) is 44.2 Å². The van der Waals surface area contributed by atoms with Crippen molar-refractivity contribution in [2.45, 2.75) is 33.6 Å². The second kappa shape index (κ2) is 9.09. The van der Waals surface area contributed by atoms with Gasteiger partial charge in [0.25, 0.3) is 0 Å². The van der Waals surface area contributed by atoms with E-state index in [0.717, 1.165) is 41.8 Å². The Balaban J connectivity index is 1.97. The molecule has 3 nitrogen and oxygen atoms in total. The Labute approximate surface area is 139 Å². The van der Waals surface area contributed by atoms with E-state index in [1.165, 1.54) is 0 Å². The average molecular weight is 313 g/mol. The lowest BCUT2D eigenvalue weighted by atomic mass is 10.2. The maximum Gasteiger partial charge on any atom is 0.185 e. The van der Waals surface area contributed by atoms with Crippen LogP contribution in [0, 0.1) is 13.0 Å². The molecule has 0 saturated carbocycles. The van der Waals surface area contributed by atoms with Gasteiger partial charge in [-0.15, -0.1) is 0 Å². The van der Waals surface area contributed by atoms with Crippen LogP contribution in [0.25, 0.3) is 0 Å². The van der Waals surface area contributed by atoms with Gasteiger partial charge in [0.05, 0.1) is 6.61 Å². The fourth-order valence-electron chi connectivity index (χ4n) is 2.09. The Kier molecular flexibility index (Phi) is 6.79. The molecule has 0 aromatic heterocycles. The first-order valence-electron chi connectivity index (χ1n) is 8.17. The molecular weight excluding hydrogens is 288 g/mol. The first-order valence-corrected chi connectivity index (χ1v) is 8.17. The Morgan fingerprint density at radius 1 is 0.826 bits per heavy atom. The predicted molar refractivity (Wildman–Crippen MR) is 93.1 cm³/mol. The standard InChI is InChI=1S/C20H25O3/c1-4-14-21-19-12-8-9-13-20(19)22-15-17(5-2)23-18-11-7-6-10-16(18)3/h6-13H,4-5,14-15H2,1-3H3. The summed E-state index contributed by atoms with van der Waals surface area (Å²) in [6.07, 6.45) is 2.66. The van der Waals surface area contributed by atoms with E-state index in [9.17, 15) is 0 Å². The van der Waals surface area contributed by atoms with Crippen LogP contribution in [0.5, 0.6) is 17.2 Å². The molecule has 0 spiro atoms. The van der Waals surface area contributed by atoms with E-state index in [1.807, 2.05) is 55.5 Å². The quantitative estimate of drug-likeness (QED) is 0.638. The summed E-state index contributed by atoms with van der Waals surface area (Å²) in [5, 5.41) is 0. The van der Waals surface area contributed by atoms with Crippen molar-refractivity contribution in [2.24, 2.45) is 0 Å². The van der Waals surface area contributed by atoms with E-state index in [1.54, 1.807) is 0 Å². The van der Waals surface area contributed by atoms with Gasteiger partial charge in [0.1, 0.15) is 12.4 Å². The van der Waals surface area contributed by atoms with Crippen LogP contribution in [0.4, 0.5) is 0 Å². The zero-order valence-corrected chi connectivity index (χ0v) is 14.2. The van der Waals surface area contributed by atoms with Gasteiger partial charge in [-0.2, -0.15) is 0 Å². The predicted octanol–water partition coefficient (Wildman–Crippen LogP) is 5.18. The zero-order chi connectivity index (χ0) is 16.5. The van der Waals surface area contributed by atoms with Crippen molar-refractivity contribution in [3.05, 3.63) is 60.2 Å². The molecule has 2 aromatic rings. The number of aryl methyl sites for hydroxylation is 1. The second-order valence-electron chi connectivity index (χ2n) is 5.34. The highest BCUT2D eigenvalue weighted by Crippen LogP contribution is 2.28. The minimum absolute atomic E-state index is 0.414. The lowest BCUT2D eigenvalue weighted by molar-refractivity contribution is 0.201. The highest BCUT2D eigenvalue weighted by molar-refractivity contribution is 5.39. The summed E-state index contributed by atoms with van der Waals surface area (Å²) in [4.78, 5) is 0. The molecular formula is C20H25O3. The van der Waals surface area contributed by atoms with Crippen molar-refractivity contribution in [1.29, 1.82) is 0 Å². The molecule has 2 aromatic carbocycles. The van der Waals surface area contributed by atoms with Gasteiger partial charge < -0.3 is 14.2 Å². The molecule has 123 valence electrons. The summed E-state index contributed by atoms with van der Waals surface area (Å²) < 4.78 is 17.6. The highest BCUT2D eigenvalue weighted by atomic mass is 16.5. The Morgan fingerprint density at radius 2 is 1.43 bits per heavy atom. The topological polar surface area (TPSA) is 27.7 Å². The van der Waals surface area contributed by atoms with E-state index >= 15 is 0 Å². The first kappa shape index (κ1) is 17.2. The molecule has 0 aliphatic carbocycles. The van der Waals surface area contributed by atoms with Crippen LogP contribution in [-0.4, -0.2) is 13.2 Å². The monoisotopic (exact) mass is 313 g/mol. The third-order valence-electron chi connectivity index (χ3n) is 3.44. The summed E-state index contributed by atoms with van der Waals surface area (Å²) >= 11 is 0. The van der Waals surface area contributed by atoms with E-state index in [0.29, 0.717) is 13.2 Å². The number of benzene rings is 2. The van der Waals surface area contributed by atoms with Crippen molar-refractivity contribution in [3.8, 4) is 17.2 Å². The normalized spacial score (nSPS) is 10.6. The number of para-hydroxylation sites is 3. The third kappa shape index (κ3) is 5.20. The maximum absolute atomic E-state index is 5.99. The minimum atomic E-state index is 0.414. The van der Waals surface area contributed by atoms with Crippen molar-refractivity contribution < 1.29 is 14.2 Å². The van der Waals surface area contributed by atoms with Gasteiger partial charge in [-0.05, 0) is 43.5 Å². The molecule has 0 N–H and O–H groups in total. The van der Waals surface area contributed by atoms with Crippen LogP contribution in [-0.2, 0) is 0 Å². The summed E-state index contributed by atoms with van der Waals surface area (Å²) in [5.41, 5.74) is 1.12. The van der Waals surface area contributed by atoms with Crippen LogP contribution >= 0.6 is 0 Å². The van der Waals surface area contributed by atoms with Crippen LogP contribution in [0.3, 0.4) is 0 Å². The molecule has 0 atom stereocenters. The second-order valence-corrected chi connectivity index (χ2v) is 5.34. The van der Waals surface area contributed by atoms with Gasteiger partial charge in [-0.25, -0.2) is 0 Å². The molecule has 0 saturated heterocycles. The van der Waals surface area contributed by atoms with Crippen LogP contribution in [0.1, 0.15) is 32.3 Å². The molecule has 3 heteroatoms. The molecule has 1 radical (unpaired) electrons. The number of hydrogen-bond donors (Lipinski definition) is 0. The van der Waals surface area contributed by atoms with Gasteiger partial charge in [0.15, 0.2) is 17.6 Å². The van der Waals surface area contributed by atoms with E-state index in [-0.39, 0.29) is 0 Å². The van der Waals surface area contributed by atoms with Gasteiger partial charge in [0, 0.05) is 0 Å². The Bertz CT molecular complexity index is 595. The van der Waals surface area contributed by atoms with Gasteiger partial charge in [-0.3, -0.25) is 0 Å². The third-order valence-corrected chi connectivity index (χ3v) is 3.44. The largest absolute Gasteiger partial charge is 0.490 e. The summed E-state index contributed by atoms with van der Waals surface area (Å²) in [7, 11) is 0. The smallest absolute Gasteiger partial charge is 0.185 e. The average Bonchev–Trinajstić information content (AvgIpc) is 2.59. The summed E-state index contributed by atoms with van der Waals surface area (Å²) in [6, 6.07) is 15.7.